The van der Waals surface area contributed by atoms with Gasteiger partial charge in [-0.2, -0.15) is 0 Å². The van der Waals surface area contributed by atoms with Gasteiger partial charge in [0.05, 0.1) is 5.56 Å². The molecule has 0 saturated carbocycles. The Morgan fingerprint density at radius 2 is 2.17 bits per heavy atom. The van der Waals surface area contributed by atoms with Gasteiger partial charge < -0.3 is 15.8 Å². The zero-order chi connectivity index (χ0) is 13.5. The van der Waals surface area contributed by atoms with Gasteiger partial charge in [-0.1, -0.05) is 6.92 Å². The van der Waals surface area contributed by atoms with Crippen molar-refractivity contribution in [3.8, 4) is 0 Å². The van der Waals surface area contributed by atoms with Crippen LogP contribution >= 0.6 is 0 Å². The number of ether oxygens (including phenoxy) is 1. The smallest absolute Gasteiger partial charge is 0.341 e. The molecule has 0 aliphatic heterocycles. The van der Waals surface area contributed by atoms with E-state index in [1.54, 1.807) is 0 Å². The molecule has 6 heteroatoms. The van der Waals surface area contributed by atoms with Gasteiger partial charge in [0.1, 0.15) is 5.82 Å². The maximum Gasteiger partial charge on any atom is 0.341 e. The quantitative estimate of drug-likeness (QED) is 0.608. The summed E-state index contributed by atoms with van der Waals surface area (Å²) in [6.07, 6.45) is 0.781. The number of nitrogens with two attached hydrogens (primary N) is 1. The Kier molecular flexibility index (Phi) is 5.10. The fraction of sp³-hybridized carbons (Fsp3) is 0.333. The lowest BCUT2D eigenvalue weighted by Crippen LogP contribution is -2.29. The molecule has 5 nitrogen and oxygen atoms in total. The molecule has 98 valence electrons. The van der Waals surface area contributed by atoms with Gasteiger partial charge in [-0.3, -0.25) is 4.79 Å². The molecule has 0 spiro atoms. The summed E-state index contributed by atoms with van der Waals surface area (Å²) < 4.78 is 18.0. The summed E-state index contributed by atoms with van der Waals surface area (Å²) in [5, 5.41) is 2.53. The minimum Gasteiger partial charge on any atom is -0.452 e. The lowest BCUT2D eigenvalue weighted by atomic mass is 10.2. The number of hydrogen-bond donors (Lipinski definition) is 2. The molecule has 1 aromatic rings. The van der Waals surface area contributed by atoms with E-state index in [9.17, 15) is 14.0 Å². The number of carbonyl (C=O) groups excluding carboxylic acids is 2. The highest BCUT2D eigenvalue weighted by Crippen LogP contribution is 2.13. The third-order valence-corrected chi connectivity index (χ3v) is 2.12. The average Bonchev–Trinajstić information content (AvgIpc) is 2.36. The number of anilines is 1. The molecule has 0 aliphatic rings. The summed E-state index contributed by atoms with van der Waals surface area (Å²) in [7, 11) is 0. The largest absolute Gasteiger partial charge is 0.452 e. The van der Waals surface area contributed by atoms with Crippen molar-refractivity contribution in [3.05, 3.63) is 29.6 Å². The molecule has 18 heavy (non-hydrogen) atoms. The average molecular weight is 254 g/mol. The lowest BCUT2D eigenvalue weighted by Gasteiger charge is -2.06. The van der Waals surface area contributed by atoms with Crippen LogP contribution in [0, 0.1) is 5.82 Å². The first kappa shape index (κ1) is 14.0. The van der Waals surface area contributed by atoms with Crippen LogP contribution < -0.4 is 11.1 Å². The van der Waals surface area contributed by atoms with Gasteiger partial charge in [-0.25, -0.2) is 9.18 Å². The van der Waals surface area contributed by atoms with Crippen molar-refractivity contribution in [2.45, 2.75) is 13.3 Å². The van der Waals surface area contributed by atoms with Gasteiger partial charge in [-0.15, -0.1) is 0 Å². The monoisotopic (exact) mass is 254 g/mol. The Morgan fingerprint density at radius 3 is 2.83 bits per heavy atom. The Labute approximate surface area is 104 Å². The number of esters is 1. The number of rotatable bonds is 5. The fourth-order valence-electron chi connectivity index (χ4n) is 1.22. The number of amides is 1. The summed E-state index contributed by atoms with van der Waals surface area (Å²) >= 11 is 0. The molecule has 0 heterocycles. The minimum absolute atomic E-state index is 0.249. The highest BCUT2D eigenvalue weighted by molar-refractivity contribution is 5.92. The Morgan fingerprint density at radius 1 is 1.44 bits per heavy atom. The minimum atomic E-state index is -0.911. The highest BCUT2D eigenvalue weighted by atomic mass is 19.1. The van der Waals surface area contributed by atoms with E-state index in [1.165, 1.54) is 12.1 Å². The van der Waals surface area contributed by atoms with E-state index < -0.39 is 24.3 Å². The van der Waals surface area contributed by atoms with E-state index >= 15 is 0 Å². The Hall–Kier alpha value is -2.11. The predicted molar refractivity (Wildman–Crippen MR) is 64.4 cm³/mol. The van der Waals surface area contributed by atoms with E-state index in [1.807, 2.05) is 6.92 Å². The first-order chi connectivity index (χ1) is 8.54. The van der Waals surface area contributed by atoms with Crippen molar-refractivity contribution in [1.29, 1.82) is 0 Å². The Balaban J connectivity index is 2.55. The van der Waals surface area contributed by atoms with E-state index in [0.717, 1.165) is 12.5 Å². The zero-order valence-electron chi connectivity index (χ0n) is 10.0. The Bertz CT molecular complexity index is 449. The second-order valence-corrected chi connectivity index (χ2v) is 3.67. The first-order valence-corrected chi connectivity index (χ1v) is 5.53. The topological polar surface area (TPSA) is 81.4 Å². The van der Waals surface area contributed by atoms with Gasteiger partial charge >= 0.3 is 5.97 Å². The number of carbonyl (C=O) groups is 2. The molecule has 0 bridgehead atoms. The van der Waals surface area contributed by atoms with Gasteiger partial charge in [0.15, 0.2) is 6.61 Å². The van der Waals surface area contributed by atoms with Crippen LogP contribution in [-0.2, 0) is 9.53 Å². The SMILES string of the molecule is CCCNC(=O)COC(=O)c1cc(N)ccc1F. The molecule has 0 radical (unpaired) electrons. The molecular formula is C12H15FN2O3. The molecule has 0 aromatic heterocycles. The molecular weight excluding hydrogens is 239 g/mol. The summed E-state index contributed by atoms with van der Waals surface area (Å²) in [5.41, 5.74) is 5.40. The number of halogens is 1. The summed E-state index contributed by atoms with van der Waals surface area (Å²) in [4.78, 5) is 22.7. The molecule has 1 rings (SSSR count). The van der Waals surface area contributed by atoms with Crippen molar-refractivity contribution in [3.63, 3.8) is 0 Å². The number of nitrogens with one attached hydrogen (secondary N) is 1. The van der Waals surface area contributed by atoms with Gasteiger partial charge in [-0.05, 0) is 24.6 Å². The standard InChI is InChI=1S/C12H15FN2O3/c1-2-5-15-11(16)7-18-12(17)9-6-8(14)3-4-10(9)13/h3-4,6H,2,5,7,14H2,1H3,(H,15,16). The zero-order valence-corrected chi connectivity index (χ0v) is 10.0. The molecule has 1 amide bonds. The van der Waals surface area contributed by atoms with Crippen LogP contribution in [0.1, 0.15) is 23.7 Å². The molecule has 1 aromatic carbocycles. The summed E-state index contributed by atoms with van der Waals surface area (Å²) in [5.74, 6) is -2.07. The highest BCUT2D eigenvalue weighted by Gasteiger charge is 2.14. The second kappa shape index (κ2) is 6.58. The van der Waals surface area contributed by atoms with Gasteiger partial charge in [0.2, 0.25) is 0 Å². The molecule has 0 aliphatic carbocycles. The van der Waals surface area contributed by atoms with Gasteiger partial charge in [0, 0.05) is 12.2 Å². The van der Waals surface area contributed by atoms with E-state index in [4.69, 9.17) is 5.73 Å². The van der Waals surface area contributed by atoms with Crippen LogP contribution in [0.4, 0.5) is 10.1 Å². The first-order valence-electron chi connectivity index (χ1n) is 5.53. The van der Waals surface area contributed by atoms with Crippen molar-refractivity contribution in [2.24, 2.45) is 0 Å². The van der Waals surface area contributed by atoms with Crippen LogP contribution in [0.25, 0.3) is 0 Å². The van der Waals surface area contributed by atoms with Crippen molar-refractivity contribution in [2.75, 3.05) is 18.9 Å². The van der Waals surface area contributed by atoms with Crippen LogP contribution in [0.3, 0.4) is 0 Å². The van der Waals surface area contributed by atoms with Crippen LogP contribution in [0.2, 0.25) is 0 Å². The lowest BCUT2D eigenvalue weighted by molar-refractivity contribution is -0.124. The molecule has 3 N–H and O–H groups in total. The van der Waals surface area contributed by atoms with Crippen LogP contribution in [0.15, 0.2) is 18.2 Å². The molecule has 0 atom stereocenters. The molecule has 0 fully saturated rings. The molecule has 0 unspecified atom stereocenters. The fourth-order valence-corrected chi connectivity index (χ4v) is 1.22. The van der Waals surface area contributed by atoms with E-state index in [2.05, 4.69) is 10.1 Å². The maximum atomic E-state index is 13.3. The third kappa shape index (κ3) is 4.04. The van der Waals surface area contributed by atoms with E-state index in [-0.39, 0.29) is 11.3 Å². The second-order valence-electron chi connectivity index (χ2n) is 3.67. The van der Waals surface area contributed by atoms with Crippen LogP contribution in [0.5, 0.6) is 0 Å². The summed E-state index contributed by atoms with van der Waals surface area (Å²) in [6, 6.07) is 3.57. The maximum absolute atomic E-state index is 13.3. The van der Waals surface area contributed by atoms with Crippen LogP contribution in [-0.4, -0.2) is 25.0 Å². The molecule has 0 saturated heterocycles. The predicted octanol–water partition coefficient (Wildman–Crippen LogP) is 1.09. The van der Waals surface area contributed by atoms with Crippen molar-refractivity contribution >= 4 is 17.6 Å². The van der Waals surface area contributed by atoms with Crippen molar-refractivity contribution < 1.29 is 18.7 Å². The number of nitrogen functional groups attached to an aromatic ring is 1. The number of hydrogen-bond acceptors (Lipinski definition) is 4. The van der Waals surface area contributed by atoms with Crippen molar-refractivity contribution in [1.82, 2.24) is 5.32 Å². The third-order valence-electron chi connectivity index (χ3n) is 2.12. The van der Waals surface area contributed by atoms with Gasteiger partial charge in [0.25, 0.3) is 5.91 Å². The van der Waals surface area contributed by atoms with E-state index in [0.29, 0.717) is 6.54 Å². The summed E-state index contributed by atoms with van der Waals surface area (Å²) in [6.45, 7) is 1.96. The number of benzene rings is 1. The normalized spacial score (nSPS) is 9.89.